The van der Waals surface area contributed by atoms with Gasteiger partial charge in [0.1, 0.15) is 12.3 Å². The van der Waals surface area contributed by atoms with Crippen molar-refractivity contribution in [1.29, 1.82) is 0 Å². The largest absolute Gasteiger partial charge is 0.495 e. The molecule has 2 N–H and O–H groups in total. The van der Waals surface area contributed by atoms with E-state index in [1.807, 2.05) is 0 Å². The zero-order valence-corrected chi connectivity index (χ0v) is 13.2. The van der Waals surface area contributed by atoms with Crippen molar-refractivity contribution in [3.63, 3.8) is 0 Å². The maximum absolute atomic E-state index is 12.3. The van der Waals surface area contributed by atoms with Gasteiger partial charge in [0.25, 0.3) is 0 Å². The van der Waals surface area contributed by atoms with E-state index in [0.717, 1.165) is 0 Å². The Balaban J connectivity index is 2.94. The number of rotatable bonds is 4. The Kier molecular flexibility index (Phi) is 5.43. The molecule has 0 aromatic heterocycles. The quantitative estimate of drug-likeness (QED) is 0.895. The minimum absolute atomic E-state index is 0.389. The van der Waals surface area contributed by atoms with Gasteiger partial charge in [0.05, 0.1) is 12.1 Å². The summed E-state index contributed by atoms with van der Waals surface area (Å²) in [6.07, 6.45) is 0. The van der Waals surface area contributed by atoms with Gasteiger partial charge >= 0.3 is 12.0 Å². The molecule has 2 amide bonds. The molecule has 0 aliphatic rings. The van der Waals surface area contributed by atoms with Crippen LogP contribution < -0.4 is 10.1 Å². The summed E-state index contributed by atoms with van der Waals surface area (Å²) in [5, 5.41) is 12.0. The summed E-state index contributed by atoms with van der Waals surface area (Å²) in [7, 11) is 1.47. The minimum Gasteiger partial charge on any atom is -0.495 e. The monoisotopic (exact) mass is 314 g/mol. The van der Waals surface area contributed by atoms with Gasteiger partial charge < -0.3 is 20.1 Å². The number of urea groups is 1. The van der Waals surface area contributed by atoms with Crippen molar-refractivity contribution >= 4 is 29.3 Å². The smallest absolute Gasteiger partial charge is 0.323 e. The summed E-state index contributed by atoms with van der Waals surface area (Å²) in [4.78, 5) is 24.4. The number of nitrogens with one attached hydrogen (secondary N) is 1. The molecule has 0 atom stereocenters. The summed E-state index contributed by atoms with van der Waals surface area (Å²) in [5.41, 5.74) is -0.153. The molecule has 0 unspecified atom stereocenters. The summed E-state index contributed by atoms with van der Waals surface area (Å²) in [5.74, 6) is -0.649. The number of hydrogen-bond donors (Lipinski definition) is 2. The second-order valence-electron chi connectivity index (χ2n) is 5.43. The van der Waals surface area contributed by atoms with E-state index in [4.69, 9.17) is 21.4 Å². The lowest BCUT2D eigenvalue weighted by molar-refractivity contribution is -0.138. The van der Waals surface area contributed by atoms with Crippen LogP contribution >= 0.6 is 11.6 Å². The molecule has 6 nitrogen and oxygen atoms in total. The zero-order valence-electron chi connectivity index (χ0n) is 12.4. The highest BCUT2D eigenvalue weighted by Gasteiger charge is 2.28. The molecule has 0 aliphatic carbocycles. The molecule has 1 aromatic rings. The highest BCUT2D eigenvalue weighted by Crippen LogP contribution is 2.27. The average molecular weight is 315 g/mol. The number of hydrogen-bond acceptors (Lipinski definition) is 3. The van der Waals surface area contributed by atoms with Gasteiger partial charge in [0.2, 0.25) is 0 Å². The molecule has 116 valence electrons. The number of ether oxygens (including phenoxy) is 1. The fraction of sp³-hybridized carbons (Fsp3) is 0.429. The van der Waals surface area contributed by atoms with Crippen molar-refractivity contribution < 1.29 is 19.4 Å². The van der Waals surface area contributed by atoms with Crippen molar-refractivity contribution in [2.24, 2.45) is 0 Å². The minimum atomic E-state index is -1.08. The number of carbonyl (C=O) groups excluding carboxylic acids is 1. The van der Waals surface area contributed by atoms with E-state index in [1.165, 1.54) is 12.0 Å². The van der Waals surface area contributed by atoms with Crippen LogP contribution in [0, 0.1) is 0 Å². The van der Waals surface area contributed by atoms with E-state index in [9.17, 15) is 9.59 Å². The number of anilines is 1. The predicted molar refractivity (Wildman–Crippen MR) is 81.1 cm³/mol. The third-order valence-electron chi connectivity index (χ3n) is 2.75. The van der Waals surface area contributed by atoms with Gasteiger partial charge in [-0.3, -0.25) is 4.79 Å². The Labute approximate surface area is 128 Å². The number of aliphatic carboxylic acids is 1. The normalized spacial score (nSPS) is 10.9. The maximum Gasteiger partial charge on any atom is 0.323 e. The van der Waals surface area contributed by atoms with Crippen LogP contribution in [0.15, 0.2) is 18.2 Å². The SMILES string of the molecule is COc1cc(NC(=O)N(CC(=O)O)C(C)(C)C)ccc1Cl. The van der Waals surface area contributed by atoms with Crippen molar-refractivity contribution in [2.75, 3.05) is 19.0 Å². The highest BCUT2D eigenvalue weighted by molar-refractivity contribution is 6.32. The molecule has 21 heavy (non-hydrogen) atoms. The number of benzene rings is 1. The molecular formula is C14H19ClN2O4. The fourth-order valence-corrected chi connectivity index (χ4v) is 1.87. The number of amides is 2. The molecule has 7 heteroatoms. The number of methoxy groups -OCH3 is 1. The second-order valence-corrected chi connectivity index (χ2v) is 5.84. The summed E-state index contributed by atoms with van der Waals surface area (Å²) in [6, 6.07) is 4.27. The first-order chi connectivity index (χ1) is 9.65. The summed E-state index contributed by atoms with van der Waals surface area (Å²) < 4.78 is 5.07. The first-order valence-corrected chi connectivity index (χ1v) is 6.67. The van der Waals surface area contributed by atoms with Crippen LogP contribution in [0.2, 0.25) is 5.02 Å². The topological polar surface area (TPSA) is 78.9 Å². The van der Waals surface area contributed by atoms with Gasteiger partial charge in [-0.25, -0.2) is 4.79 Å². The van der Waals surface area contributed by atoms with E-state index >= 15 is 0 Å². The highest BCUT2D eigenvalue weighted by atomic mass is 35.5. The molecule has 1 rings (SSSR count). The fourth-order valence-electron chi connectivity index (χ4n) is 1.68. The number of nitrogens with zero attached hydrogens (tertiary/aromatic N) is 1. The number of halogens is 1. The van der Waals surface area contributed by atoms with Gasteiger partial charge in [-0.05, 0) is 32.9 Å². The van der Waals surface area contributed by atoms with Gasteiger partial charge in [-0.1, -0.05) is 11.6 Å². The zero-order chi connectivity index (χ0) is 16.2. The molecule has 0 saturated heterocycles. The third-order valence-corrected chi connectivity index (χ3v) is 3.06. The van der Waals surface area contributed by atoms with Crippen molar-refractivity contribution in [3.05, 3.63) is 23.2 Å². The Hall–Kier alpha value is -1.95. The standard InChI is InChI=1S/C14H19ClN2O4/c1-14(2,3)17(8-12(18)19)13(20)16-9-5-6-10(15)11(7-9)21-4/h5-7H,8H2,1-4H3,(H,16,20)(H,18,19). The van der Waals surface area contributed by atoms with Gasteiger partial charge in [-0.15, -0.1) is 0 Å². The lowest BCUT2D eigenvalue weighted by Crippen LogP contribution is -2.50. The van der Waals surface area contributed by atoms with E-state index in [1.54, 1.807) is 39.0 Å². The molecule has 0 radical (unpaired) electrons. The van der Waals surface area contributed by atoms with Crippen LogP contribution in [0.3, 0.4) is 0 Å². The van der Waals surface area contributed by atoms with Crippen LogP contribution in [0.5, 0.6) is 5.75 Å². The molecule has 0 bridgehead atoms. The van der Waals surface area contributed by atoms with Crippen molar-refractivity contribution in [2.45, 2.75) is 26.3 Å². The van der Waals surface area contributed by atoms with Crippen molar-refractivity contribution in [1.82, 2.24) is 4.90 Å². The summed E-state index contributed by atoms with van der Waals surface area (Å²) in [6.45, 7) is 4.90. The average Bonchev–Trinajstić information content (AvgIpc) is 2.36. The van der Waals surface area contributed by atoms with Gasteiger partial charge in [0, 0.05) is 17.3 Å². The van der Waals surface area contributed by atoms with E-state index < -0.39 is 17.5 Å². The third kappa shape index (κ3) is 4.82. The molecule has 0 heterocycles. The molecule has 1 aromatic carbocycles. The molecule has 0 fully saturated rings. The molecule has 0 saturated carbocycles. The Morgan fingerprint density at radius 1 is 1.38 bits per heavy atom. The van der Waals surface area contributed by atoms with Crippen LogP contribution in [-0.2, 0) is 4.79 Å². The Morgan fingerprint density at radius 3 is 2.48 bits per heavy atom. The second kappa shape index (κ2) is 6.67. The van der Waals surface area contributed by atoms with E-state index in [0.29, 0.717) is 16.5 Å². The van der Waals surface area contributed by atoms with Crippen LogP contribution in [0.4, 0.5) is 10.5 Å². The summed E-state index contributed by atoms with van der Waals surface area (Å²) >= 11 is 5.91. The Bertz CT molecular complexity index is 540. The first-order valence-electron chi connectivity index (χ1n) is 6.29. The maximum atomic E-state index is 12.3. The number of carboxylic acids is 1. The first kappa shape index (κ1) is 17.1. The Morgan fingerprint density at radius 2 is 2.00 bits per heavy atom. The number of carbonyl (C=O) groups is 2. The predicted octanol–water partition coefficient (Wildman–Crippen LogP) is 3.07. The van der Waals surface area contributed by atoms with Gasteiger partial charge in [-0.2, -0.15) is 0 Å². The number of carboxylic acid groups (broad SMARTS) is 1. The molecule has 0 aliphatic heterocycles. The van der Waals surface area contributed by atoms with E-state index in [-0.39, 0.29) is 6.54 Å². The molecule has 0 spiro atoms. The lowest BCUT2D eigenvalue weighted by atomic mass is 10.1. The van der Waals surface area contributed by atoms with Crippen LogP contribution in [0.1, 0.15) is 20.8 Å². The van der Waals surface area contributed by atoms with Crippen LogP contribution in [-0.4, -0.2) is 41.2 Å². The molecular weight excluding hydrogens is 296 g/mol. The van der Waals surface area contributed by atoms with Crippen molar-refractivity contribution in [3.8, 4) is 5.75 Å². The van der Waals surface area contributed by atoms with E-state index in [2.05, 4.69) is 5.32 Å². The van der Waals surface area contributed by atoms with Crippen LogP contribution in [0.25, 0.3) is 0 Å². The van der Waals surface area contributed by atoms with Gasteiger partial charge in [0.15, 0.2) is 0 Å². The lowest BCUT2D eigenvalue weighted by Gasteiger charge is -2.34.